The number of aryl methyl sites for hydroxylation is 2. The van der Waals surface area contributed by atoms with Crippen LogP contribution in [0.2, 0.25) is 0 Å². The van der Waals surface area contributed by atoms with Crippen molar-refractivity contribution >= 4 is 27.7 Å². The monoisotopic (exact) mass is 488 g/mol. The van der Waals surface area contributed by atoms with Gasteiger partial charge in [0.1, 0.15) is 11.8 Å². The van der Waals surface area contributed by atoms with Crippen molar-refractivity contribution < 1.29 is 14.3 Å². The molecule has 2 rings (SSSR count). The summed E-state index contributed by atoms with van der Waals surface area (Å²) < 4.78 is 6.86. The van der Waals surface area contributed by atoms with E-state index < -0.39 is 6.04 Å². The van der Waals surface area contributed by atoms with E-state index in [0.29, 0.717) is 12.3 Å². The minimum atomic E-state index is -0.617. The van der Waals surface area contributed by atoms with Crippen molar-refractivity contribution in [1.82, 2.24) is 10.2 Å². The number of amides is 2. The lowest BCUT2D eigenvalue weighted by molar-refractivity contribution is -0.142. The molecule has 0 saturated carbocycles. The van der Waals surface area contributed by atoms with Gasteiger partial charge in [0, 0.05) is 17.1 Å². The second kappa shape index (κ2) is 11.3. The van der Waals surface area contributed by atoms with Gasteiger partial charge in [0.25, 0.3) is 5.91 Å². The summed E-state index contributed by atoms with van der Waals surface area (Å²) in [7, 11) is 0. The molecule has 2 amide bonds. The molecule has 2 aromatic rings. The first-order chi connectivity index (χ1) is 14.6. The summed E-state index contributed by atoms with van der Waals surface area (Å²) in [4.78, 5) is 27.5. The molecule has 2 atom stereocenters. The van der Waals surface area contributed by atoms with Crippen LogP contribution in [-0.2, 0) is 16.1 Å². The molecule has 168 valence electrons. The Bertz CT molecular complexity index is 912. The molecule has 31 heavy (non-hydrogen) atoms. The number of rotatable bonds is 9. The van der Waals surface area contributed by atoms with Gasteiger partial charge in [-0.3, -0.25) is 9.59 Å². The highest BCUT2D eigenvalue weighted by Crippen LogP contribution is 2.23. The van der Waals surface area contributed by atoms with Gasteiger partial charge < -0.3 is 15.0 Å². The van der Waals surface area contributed by atoms with Gasteiger partial charge in [-0.2, -0.15) is 0 Å². The van der Waals surface area contributed by atoms with Gasteiger partial charge in [0.05, 0.1) is 0 Å². The summed E-state index contributed by atoms with van der Waals surface area (Å²) in [5.41, 5.74) is 4.16. The summed E-state index contributed by atoms with van der Waals surface area (Å²) in [5, 5.41) is 2.98. The standard InChI is InChI=1S/C25H33BrN2O3/c1-7-18(4)27-25(30)20(6)28(14-21-8-10-22(26)11-9-21)24(29)15-31-23-13-16(2)12-17(3)19(23)5/h8-13,18,20H,7,14-15H2,1-6H3,(H,27,30)/t18-,20-/m0/s1. The maximum absolute atomic E-state index is 13.2. The molecule has 0 saturated heterocycles. The second-order valence-corrected chi connectivity index (χ2v) is 9.05. The van der Waals surface area contributed by atoms with Gasteiger partial charge in [-0.1, -0.05) is 41.1 Å². The third-order valence-electron chi connectivity index (χ3n) is 5.55. The van der Waals surface area contributed by atoms with E-state index in [-0.39, 0.29) is 24.5 Å². The van der Waals surface area contributed by atoms with Crippen LogP contribution in [0.1, 0.15) is 49.4 Å². The number of carbonyl (C=O) groups is 2. The van der Waals surface area contributed by atoms with E-state index in [1.165, 1.54) is 0 Å². The smallest absolute Gasteiger partial charge is 0.261 e. The number of hydrogen-bond acceptors (Lipinski definition) is 3. The summed E-state index contributed by atoms with van der Waals surface area (Å²) in [6.07, 6.45) is 0.828. The summed E-state index contributed by atoms with van der Waals surface area (Å²) in [6, 6.07) is 11.2. The zero-order chi connectivity index (χ0) is 23.1. The Morgan fingerprint density at radius 1 is 1.10 bits per heavy atom. The molecule has 0 heterocycles. The first-order valence-corrected chi connectivity index (χ1v) is 11.5. The fourth-order valence-electron chi connectivity index (χ4n) is 3.21. The highest BCUT2D eigenvalue weighted by Gasteiger charge is 2.27. The van der Waals surface area contributed by atoms with E-state index in [9.17, 15) is 9.59 Å². The summed E-state index contributed by atoms with van der Waals surface area (Å²) in [6.45, 7) is 11.9. The lowest BCUT2D eigenvalue weighted by Crippen LogP contribution is -2.50. The molecule has 0 spiro atoms. The first kappa shape index (κ1) is 24.9. The quantitative estimate of drug-likeness (QED) is 0.534. The molecular weight excluding hydrogens is 456 g/mol. The molecular formula is C25H33BrN2O3. The van der Waals surface area contributed by atoms with E-state index >= 15 is 0 Å². The Hall–Kier alpha value is -2.34. The van der Waals surface area contributed by atoms with Crippen LogP contribution in [0.4, 0.5) is 0 Å². The first-order valence-electron chi connectivity index (χ1n) is 10.7. The van der Waals surface area contributed by atoms with Crippen molar-refractivity contribution in [3.8, 4) is 5.75 Å². The average Bonchev–Trinajstić information content (AvgIpc) is 2.73. The maximum Gasteiger partial charge on any atom is 0.261 e. The highest BCUT2D eigenvalue weighted by molar-refractivity contribution is 9.10. The van der Waals surface area contributed by atoms with E-state index in [1.54, 1.807) is 11.8 Å². The Kier molecular flexibility index (Phi) is 9.11. The van der Waals surface area contributed by atoms with Crippen molar-refractivity contribution in [2.45, 2.75) is 66.6 Å². The van der Waals surface area contributed by atoms with Crippen LogP contribution >= 0.6 is 15.9 Å². The van der Waals surface area contributed by atoms with Crippen molar-refractivity contribution in [1.29, 1.82) is 0 Å². The van der Waals surface area contributed by atoms with E-state index in [1.807, 2.05) is 65.0 Å². The molecule has 0 aliphatic rings. The average molecular weight is 489 g/mol. The Morgan fingerprint density at radius 3 is 2.35 bits per heavy atom. The molecule has 0 unspecified atom stereocenters. The molecule has 0 bridgehead atoms. The van der Waals surface area contributed by atoms with Crippen LogP contribution < -0.4 is 10.1 Å². The molecule has 0 aliphatic heterocycles. The zero-order valence-corrected chi connectivity index (χ0v) is 20.9. The lowest BCUT2D eigenvalue weighted by atomic mass is 10.1. The third kappa shape index (κ3) is 7.10. The molecule has 6 heteroatoms. The SMILES string of the molecule is CC[C@H](C)NC(=O)[C@H](C)N(Cc1ccc(Br)cc1)C(=O)COc1cc(C)cc(C)c1C. The van der Waals surface area contributed by atoms with Crippen molar-refractivity contribution in [2.75, 3.05) is 6.61 Å². The van der Waals surface area contributed by atoms with Gasteiger partial charge in [0.15, 0.2) is 6.61 Å². The maximum atomic E-state index is 13.2. The normalized spacial score (nSPS) is 12.7. The number of halogens is 1. The molecule has 0 fully saturated rings. The minimum absolute atomic E-state index is 0.0498. The molecule has 0 radical (unpaired) electrons. The predicted molar refractivity (Wildman–Crippen MR) is 128 cm³/mol. The van der Waals surface area contributed by atoms with Crippen LogP contribution in [0, 0.1) is 20.8 Å². The molecule has 0 aromatic heterocycles. The number of nitrogens with one attached hydrogen (secondary N) is 1. The Morgan fingerprint density at radius 2 is 1.74 bits per heavy atom. The molecule has 0 aliphatic carbocycles. The fraction of sp³-hybridized carbons (Fsp3) is 0.440. The zero-order valence-electron chi connectivity index (χ0n) is 19.3. The minimum Gasteiger partial charge on any atom is -0.483 e. The van der Waals surface area contributed by atoms with Crippen LogP contribution in [0.15, 0.2) is 40.9 Å². The number of carbonyl (C=O) groups excluding carboxylic acids is 2. The van der Waals surface area contributed by atoms with Gasteiger partial charge >= 0.3 is 0 Å². The summed E-state index contributed by atoms with van der Waals surface area (Å²) >= 11 is 3.43. The Balaban J connectivity index is 2.20. The topological polar surface area (TPSA) is 58.6 Å². The molecule has 2 aromatic carbocycles. The third-order valence-corrected chi connectivity index (χ3v) is 6.08. The van der Waals surface area contributed by atoms with Crippen LogP contribution in [0.5, 0.6) is 5.75 Å². The van der Waals surface area contributed by atoms with E-state index in [0.717, 1.165) is 33.1 Å². The van der Waals surface area contributed by atoms with Crippen LogP contribution in [-0.4, -0.2) is 35.4 Å². The van der Waals surface area contributed by atoms with Crippen molar-refractivity contribution in [3.05, 3.63) is 63.1 Å². The second-order valence-electron chi connectivity index (χ2n) is 8.14. The van der Waals surface area contributed by atoms with E-state index in [2.05, 4.69) is 27.3 Å². The van der Waals surface area contributed by atoms with E-state index in [4.69, 9.17) is 4.74 Å². The van der Waals surface area contributed by atoms with Gasteiger partial charge in [-0.15, -0.1) is 0 Å². The number of nitrogens with zero attached hydrogens (tertiary/aromatic N) is 1. The largest absolute Gasteiger partial charge is 0.483 e. The molecule has 5 nitrogen and oxygen atoms in total. The fourth-order valence-corrected chi connectivity index (χ4v) is 3.47. The van der Waals surface area contributed by atoms with Crippen LogP contribution in [0.3, 0.4) is 0 Å². The molecule has 1 N–H and O–H groups in total. The number of benzene rings is 2. The number of hydrogen-bond donors (Lipinski definition) is 1. The highest BCUT2D eigenvalue weighted by atomic mass is 79.9. The summed E-state index contributed by atoms with van der Waals surface area (Å²) in [5.74, 6) is 0.307. The van der Waals surface area contributed by atoms with Crippen molar-refractivity contribution in [3.63, 3.8) is 0 Å². The lowest BCUT2D eigenvalue weighted by Gasteiger charge is -2.29. The van der Waals surface area contributed by atoms with Gasteiger partial charge in [0.2, 0.25) is 5.91 Å². The van der Waals surface area contributed by atoms with Gasteiger partial charge in [-0.05, 0) is 81.5 Å². The van der Waals surface area contributed by atoms with Crippen LogP contribution in [0.25, 0.3) is 0 Å². The van der Waals surface area contributed by atoms with Gasteiger partial charge in [-0.25, -0.2) is 0 Å². The predicted octanol–water partition coefficient (Wildman–Crippen LogP) is 5.09. The Labute approximate surface area is 194 Å². The number of ether oxygens (including phenoxy) is 1. The van der Waals surface area contributed by atoms with Crippen molar-refractivity contribution in [2.24, 2.45) is 0 Å².